The number of hydrogen-bond acceptors (Lipinski definition) is 4. The van der Waals surface area contributed by atoms with E-state index in [9.17, 15) is 24.0 Å². The second kappa shape index (κ2) is 5.57. The molecule has 1 rings (SSSR count). The Balaban J connectivity index is 0.00000225. The molecule has 0 saturated heterocycles. The fourth-order valence-corrected chi connectivity index (χ4v) is 1.11. The number of nitrogens with zero attached hydrogens (tertiary/aromatic N) is 1. The predicted molar refractivity (Wildman–Crippen MR) is 54.9 cm³/mol. The van der Waals surface area contributed by atoms with Gasteiger partial charge in [0.1, 0.15) is 12.5 Å². The van der Waals surface area contributed by atoms with Crippen molar-refractivity contribution in [1.82, 2.24) is 0 Å². The van der Waals surface area contributed by atoms with Crippen molar-refractivity contribution in [2.45, 2.75) is 6.04 Å². The van der Waals surface area contributed by atoms with Crippen molar-refractivity contribution in [1.29, 1.82) is 0 Å². The molecule has 1 aromatic rings. The molecular weight excluding hydrogens is 246 g/mol. The Morgan fingerprint density at radius 1 is 1.56 bits per heavy atom. The summed E-state index contributed by atoms with van der Waals surface area (Å²) in [5, 5.41) is 19.7. The van der Waals surface area contributed by atoms with Gasteiger partial charge in [-0.15, -0.1) is 12.4 Å². The van der Waals surface area contributed by atoms with Crippen LogP contribution in [0.3, 0.4) is 0 Å². The summed E-state index contributed by atoms with van der Waals surface area (Å²) in [4.78, 5) is 9.42. The number of rotatable bonds is 3. The summed E-state index contributed by atoms with van der Waals surface area (Å²) in [5.74, 6) is -1.75. The lowest BCUT2D eigenvalue weighted by molar-refractivity contribution is -0.386. The number of nitro benzene ring substituents is 1. The number of nitro groups is 1. The van der Waals surface area contributed by atoms with E-state index >= 15 is 0 Å². The first-order chi connectivity index (χ1) is 6.97. The molecule has 0 amide bonds. The van der Waals surface area contributed by atoms with Gasteiger partial charge in [-0.1, -0.05) is 0 Å². The molecular formula is C8H9ClF2N2O3. The van der Waals surface area contributed by atoms with E-state index in [1.807, 2.05) is 0 Å². The monoisotopic (exact) mass is 254 g/mol. The molecule has 0 aliphatic rings. The van der Waals surface area contributed by atoms with Crippen LogP contribution in [0.5, 0.6) is 5.75 Å². The van der Waals surface area contributed by atoms with Gasteiger partial charge in [0, 0.05) is 5.56 Å². The van der Waals surface area contributed by atoms with E-state index in [0.29, 0.717) is 6.07 Å². The molecule has 90 valence electrons. The molecule has 0 aliphatic carbocycles. The highest BCUT2D eigenvalue weighted by atomic mass is 35.5. The lowest BCUT2D eigenvalue weighted by Crippen LogP contribution is -2.13. The lowest BCUT2D eigenvalue weighted by atomic mass is 10.1. The molecule has 1 atom stereocenters. The first-order valence-corrected chi connectivity index (χ1v) is 3.95. The first kappa shape index (κ1) is 14.5. The van der Waals surface area contributed by atoms with Crippen molar-refractivity contribution in [3.63, 3.8) is 0 Å². The van der Waals surface area contributed by atoms with E-state index in [0.717, 1.165) is 6.07 Å². The Bertz CT molecular complexity index is 403. The normalized spacial score (nSPS) is 11.7. The molecule has 0 radical (unpaired) electrons. The van der Waals surface area contributed by atoms with E-state index in [1.165, 1.54) is 0 Å². The Labute approximate surface area is 95.4 Å². The highest BCUT2D eigenvalue weighted by molar-refractivity contribution is 5.85. The number of benzene rings is 1. The van der Waals surface area contributed by atoms with Crippen LogP contribution in [0.15, 0.2) is 12.1 Å². The van der Waals surface area contributed by atoms with Gasteiger partial charge in [0.2, 0.25) is 0 Å². The first-order valence-electron chi connectivity index (χ1n) is 3.95. The zero-order chi connectivity index (χ0) is 11.6. The minimum absolute atomic E-state index is 0. The molecule has 0 saturated carbocycles. The number of phenolic OH excluding ortho intramolecular Hbond substituents is 1. The van der Waals surface area contributed by atoms with Crippen molar-refractivity contribution < 1.29 is 18.8 Å². The average molecular weight is 255 g/mol. The molecule has 16 heavy (non-hydrogen) atoms. The summed E-state index contributed by atoms with van der Waals surface area (Å²) in [6, 6.07) is 0.0375. The third kappa shape index (κ3) is 2.77. The number of halogens is 3. The van der Waals surface area contributed by atoms with Crippen LogP contribution in [-0.4, -0.2) is 16.7 Å². The van der Waals surface area contributed by atoms with Crippen molar-refractivity contribution in [3.8, 4) is 5.75 Å². The maximum absolute atomic E-state index is 12.9. The van der Waals surface area contributed by atoms with Crippen LogP contribution in [0.4, 0.5) is 14.5 Å². The van der Waals surface area contributed by atoms with Gasteiger partial charge in [-0.2, -0.15) is 0 Å². The van der Waals surface area contributed by atoms with Crippen LogP contribution in [-0.2, 0) is 0 Å². The topological polar surface area (TPSA) is 89.4 Å². The Hall–Kier alpha value is -1.47. The predicted octanol–water partition coefficient (Wildman–Crippen LogP) is 1.83. The molecule has 0 bridgehead atoms. The maximum atomic E-state index is 12.9. The van der Waals surface area contributed by atoms with E-state index in [1.54, 1.807) is 0 Å². The van der Waals surface area contributed by atoms with Crippen LogP contribution < -0.4 is 5.73 Å². The molecule has 8 heteroatoms. The number of hydrogen-bond donors (Lipinski definition) is 2. The summed E-state index contributed by atoms with van der Waals surface area (Å²) in [6.45, 7) is -1.05. The van der Waals surface area contributed by atoms with Crippen molar-refractivity contribution in [2.75, 3.05) is 6.67 Å². The van der Waals surface area contributed by atoms with E-state index < -0.39 is 34.9 Å². The minimum atomic E-state index is -1.28. The lowest BCUT2D eigenvalue weighted by Gasteiger charge is -2.09. The van der Waals surface area contributed by atoms with Gasteiger partial charge in [-0.3, -0.25) is 10.1 Å². The smallest absolute Gasteiger partial charge is 0.313 e. The summed E-state index contributed by atoms with van der Waals surface area (Å²) in [5.41, 5.74) is 4.07. The van der Waals surface area contributed by atoms with Gasteiger partial charge >= 0.3 is 5.69 Å². The molecule has 0 aliphatic heterocycles. The van der Waals surface area contributed by atoms with Crippen LogP contribution in [0.1, 0.15) is 11.6 Å². The summed E-state index contributed by atoms with van der Waals surface area (Å²) >= 11 is 0. The minimum Gasteiger partial charge on any atom is -0.502 e. The van der Waals surface area contributed by atoms with Gasteiger partial charge in [0.15, 0.2) is 5.75 Å². The average Bonchev–Trinajstić information content (AvgIpc) is 2.19. The van der Waals surface area contributed by atoms with Crippen LogP contribution in [0, 0.1) is 15.9 Å². The number of phenols is 1. The van der Waals surface area contributed by atoms with Crippen molar-refractivity contribution in [2.24, 2.45) is 5.73 Å². The van der Waals surface area contributed by atoms with Crippen LogP contribution >= 0.6 is 12.4 Å². The van der Waals surface area contributed by atoms with Crippen LogP contribution in [0.2, 0.25) is 0 Å². The highest BCUT2D eigenvalue weighted by Crippen LogP contribution is 2.33. The Morgan fingerprint density at radius 3 is 2.56 bits per heavy atom. The summed E-state index contributed by atoms with van der Waals surface area (Å²) in [7, 11) is 0. The molecule has 0 heterocycles. The fraction of sp³-hybridized carbons (Fsp3) is 0.250. The second-order valence-electron chi connectivity index (χ2n) is 2.88. The van der Waals surface area contributed by atoms with E-state index in [4.69, 9.17) is 5.73 Å². The zero-order valence-corrected chi connectivity index (χ0v) is 8.71. The third-order valence-electron chi connectivity index (χ3n) is 1.85. The van der Waals surface area contributed by atoms with E-state index in [-0.39, 0.29) is 18.0 Å². The molecule has 3 N–H and O–H groups in total. The second-order valence-corrected chi connectivity index (χ2v) is 2.88. The fourth-order valence-electron chi connectivity index (χ4n) is 1.11. The largest absolute Gasteiger partial charge is 0.502 e. The molecule has 1 aromatic carbocycles. The highest BCUT2D eigenvalue weighted by Gasteiger charge is 2.22. The number of nitrogens with two attached hydrogens (primary N) is 1. The van der Waals surface area contributed by atoms with Crippen molar-refractivity contribution >= 4 is 18.1 Å². The standard InChI is InChI=1S/C8H8F2N2O3.ClH/c9-3-6(11)5-1-4(10)2-7(8(5)13)12(14)15;/h1-2,6,13H,3,11H2;1H/t6-;/m0./s1. The zero-order valence-electron chi connectivity index (χ0n) is 7.89. The quantitative estimate of drug-likeness (QED) is 0.636. The summed E-state index contributed by atoms with van der Waals surface area (Å²) < 4.78 is 25.1. The maximum Gasteiger partial charge on any atom is 0.313 e. The summed E-state index contributed by atoms with van der Waals surface area (Å²) in [6.07, 6.45) is 0. The van der Waals surface area contributed by atoms with Gasteiger partial charge in [-0.05, 0) is 6.07 Å². The molecule has 5 nitrogen and oxygen atoms in total. The van der Waals surface area contributed by atoms with Gasteiger partial charge in [-0.25, -0.2) is 8.78 Å². The number of aromatic hydroxyl groups is 1. The SMILES string of the molecule is Cl.N[C@@H](CF)c1cc(F)cc([N+](=O)[O-])c1O. The molecule has 0 unspecified atom stereocenters. The molecule has 0 fully saturated rings. The van der Waals surface area contributed by atoms with Gasteiger partial charge < -0.3 is 10.8 Å². The Morgan fingerprint density at radius 2 is 2.12 bits per heavy atom. The van der Waals surface area contributed by atoms with Gasteiger partial charge in [0.25, 0.3) is 0 Å². The Kier molecular flexibility index (Phi) is 5.06. The van der Waals surface area contributed by atoms with Gasteiger partial charge in [0.05, 0.1) is 17.0 Å². The molecule has 0 aromatic heterocycles. The van der Waals surface area contributed by atoms with Crippen molar-refractivity contribution in [3.05, 3.63) is 33.6 Å². The van der Waals surface area contributed by atoms with E-state index in [2.05, 4.69) is 0 Å². The molecule has 0 spiro atoms. The third-order valence-corrected chi connectivity index (χ3v) is 1.85. The van der Waals surface area contributed by atoms with Crippen LogP contribution in [0.25, 0.3) is 0 Å². The number of alkyl halides is 1.